The molecule has 2 amide bonds. The molecule has 116 valence electrons. The highest BCUT2D eigenvalue weighted by Gasteiger charge is 2.17. The summed E-state index contributed by atoms with van der Waals surface area (Å²) in [5, 5.41) is 2.46. The fourth-order valence-electron chi connectivity index (χ4n) is 1.57. The summed E-state index contributed by atoms with van der Waals surface area (Å²) >= 11 is 0. The third kappa shape index (κ3) is 7.29. The molecule has 0 radical (unpaired) electrons. The van der Waals surface area contributed by atoms with Crippen molar-refractivity contribution in [3.05, 3.63) is 30.1 Å². The summed E-state index contributed by atoms with van der Waals surface area (Å²) < 4.78 is 5.07. The van der Waals surface area contributed by atoms with E-state index in [2.05, 4.69) is 10.3 Å². The summed E-state index contributed by atoms with van der Waals surface area (Å²) in [6.07, 6.45) is 3.61. The van der Waals surface area contributed by atoms with Gasteiger partial charge in [0, 0.05) is 26.0 Å². The molecular formula is C15H23N3O3. The maximum absolute atomic E-state index is 11.9. The lowest BCUT2D eigenvalue weighted by Crippen LogP contribution is -2.41. The van der Waals surface area contributed by atoms with Crippen LogP contribution in [0.15, 0.2) is 24.5 Å². The van der Waals surface area contributed by atoms with Crippen molar-refractivity contribution in [2.75, 3.05) is 20.1 Å². The zero-order valence-corrected chi connectivity index (χ0v) is 13.0. The Labute approximate surface area is 125 Å². The predicted octanol–water partition coefficient (Wildman–Crippen LogP) is 1.61. The fraction of sp³-hybridized carbons (Fsp3) is 0.533. The largest absolute Gasteiger partial charge is 0.444 e. The molecular weight excluding hydrogens is 270 g/mol. The smallest absolute Gasteiger partial charge is 0.408 e. The number of carbonyl (C=O) groups is 2. The number of hydrogen-bond donors (Lipinski definition) is 1. The van der Waals surface area contributed by atoms with Crippen LogP contribution in [0.2, 0.25) is 0 Å². The summed E-state index contributed by atoms with van der Waals surface area (Å²) in [6.45, 7) is 5.83. The van der Waals surface area contributed by atoms with Gasteiger partial charge in [0.2, 0.25) is 5.91 Å². The fourth-order valence-corrected chi connectivity index (χ4v) is 1.57. The molecule has 0 aliphatic rings. The molecule has 0 bridgehead atoms. The highest BCUT2D eigenvalue weighted by atomic mass is 16.6. The molecule has 0 aliphatic heterocycles. The van der Waals surface area contributed by atoms with E-state index in [-0.39, 0.29) is 12.5 Å². The van der Waals surface area contributed by atoms with Crippen molar-refractivity contribution in [3.8, 4) is 0 Å². The summed E-state index contributed by atoms with van der Waals surface area (Å²) in [7, 11) is 1.71. The van der Waals surface area contributed by atoms with Crippen LogP contribution in [0.3, 0.4) is 0 Å². The van der Waals surface area contributed by atoms with E-state index in [9.17, 15) is 9.59 Å². The number of likely N-dealkylation sites (N-methyl/N-ethyl adjacent to an activating group) is 1. The number of amides is 2. The van der Waals surface area contributed by atoms with Gasteiger partial charge in [0.25, 0.3) is 0 Å². The van der Waals surface area contributed by atoms with E-state index >= 15 is 0 Å². The van der Waals surface area contributed by atoms with E-state index in [1.54, 1.807) is 45.1 Å². The number of aromatic nitrogens is 1. The standard InChI is InChI=1S/C15H23N3O3/c1-15(2,3)21-14(20)17-11-13(19)18(4)10-7-12-5-8-16-9-6-12/h5-6,8-9H,7,10-11H2,1-4H3,(H,17,20). The van der Waals surface area contributed by atoms with E-state index in [0.717, 1.165) is 12.0 Å². The molecule has 1 N–H and O–H groups in total. The van der Waals surface area contributed by atoms with Crippen LogP contribution in [0, 0.1) is 0 Å². The van der Waals surface area contributed by atoms with Crippen LogP contribution in [0.4, 0.5) is 4.79 Å². The predicted molar refractivity (Wildman–Crippen MR) is 79.8 cm³/mol. The Morgan fingerprint density at radius 1 is 1.29 bits per heavy atom. The quantitative estimate of drug-likeness (QED) is 0.895. The van der Waals surface area contributed by atoms with Crippen molar-refractivity contribution in [3.63, 3.8) is 0 Å². The molecule has 6 heteroatoms. The Balaban J connectivity index is 2.30. The van der Waals surface area contributed by atoms with Crippen LogP contribution in [0.5, 0.6) is 0 Å². The summed E-state index contributed by atoms with van der Waals surface area (Å²) in [5.74, 6) is -0.157. The molecule has 0 unspecified atom stereocenters. The monoisotopic (exact) mass is 293 g/mol. The molecule has 1 heterocycles. The van der Waals surface area contributed by atoms with Crippen LogP contribution in [0.25, 0.3) is 0 Å². The van der Waals surface area contributed by atoms with Crippen LogP contribution in [0.1, 0.15) is 26.3 Å². The second kappa shape index (κ2) is 7.61. The van der Waals surface area contributed by atoms with Gasteiger partial charge in [-0.2, -0.15) is 0 Å². The zero-order chi connectivity index (χ0) is 15.9. The third-order valence-corrected chi connectivity index (χ3v) is 2.69. The van der Waals surface area contributed by atoms with E-state index in [4.69, 9.17) is 4.74 Å². The van der Waals surface area contributed by atoms with Gasteiger partial charge in [-0.05, 0) is 44.9 Å². The Bertz CT molecular complexity index is 469. The average molecular weight is 293 g/mol. The molecule has 0 spiro atoms. The minimum atomic E-state index is -0.585. The summed E-state index contributed by atoms with van der Waals surface area (Å²) in [4.78, 5) is 28.9. The molecule has 1 aromatic heterocycles. The lowest BCUT2D eigenvalue weighted by atomic mass is 10.2. The van der Waals surface area contributed by atoms with Crippen LogP contribution >= 0.6 is 0 Å². The SMILES string of the molecule is CN(CCc1ccncc1)C(=O)CNC(=O)OC(C)(C)C. The highest BCUT2D eigenvalue weighted by molar-refractivity contribution is 5.82. The highest BCUT2D eigenvalue weighted by Crippen LogP contribution is 2.06. The first-order chi connectivity index (χ1) is 9.78. The minimum Gasteiger partial charge on any atom is -0.444 e. The zero-order valence-electron chi connectivity index (χ0n) is 13.0. The number of nitrogens with zero attached hydrogens (tertiary/aromatic N) is 2. The maximum atomic E-state index is 11.9. The second-order valence-corrected chi connectivity index (χ2v) is 5.78. The number of alkyl carbamates (subject to hydrolysis) is 1. The first kappa shape index (κ1) is 16.9. The van der Waals surface area contributed by atoms with Crippen molar-refractivity contribution in [2.24, 2.45) is 0 Å². The van der Waals surface area contributed by atoms with Gasteiger partial charge in [0.15, 0.2) is 0 Å². The molecule has 0 aliphatic carbocycles. The second-order valence-electron chi connectivity index (χ2n) is 5.78. The Hall–Kier alpha value is -2.11. The topological polar surface area (TPSA) is 71.5 Å². The van der Waals surface area contributed by atoms with Crippen LogP contribution in [-0.4, -0.2) is 47.6 Å². The number of ether oxygens (including phenoxy) is 1. The van der Waals surface area contributed by atoms with Crippen molar-refractivity contribution < 1.29 is 14.3 Å². The van der Waals surface area contributed by atoms with Crippen molar-refractivity contribution in [2.45, 2.75) is 32.8 Å². The van der Waals surface area contributed by atoms with E-state index in [1.165, 1.54) is 0 Å². The Morgan fingerprint density at radius 2 is 1.90 bits per heavy atom. The van der Waals surface area contributed by atoms with E-state index in [1.807, 2.05) is 12.1 Å². The first-order valence-electron chi connectivity index (χ1n) is 6.87. The van der Waals surface area contributed by atoms with Crippen molar-refractivity contribution >= 4 is 12.0 Å². The molecule has 0 fully saturated rings. The van der Waals surface area contributed by atoms with Gasteiger partial charge in [0.1, 0.15) is 12.1 Å². The molecule has 1 aromatic rings. The third-order valence-electron chi connectivity index (χ3n) is 2.69. The lowest BCUT2D eigenvalue weighted by Gasteiger charge is -2.21. The Morgan fingerprint density at radius 3 is 2.48 bits per heavy atom. The average Bonchev–Trinajstić information content (AvgIpc) is 2.41. The number of hydrogen-bond acceptors (Lipinski definition) is 4. The first-order valence-corrected chi connectivity index (χ1v) is 6.87. The van der Waals surface area contributed by atoms with Crippen molar-refractivity contribution in [1.82, 2.24) is 15.2 Å². The van der Waals surface area contributed by atoms with Gasteiger partial charge >= 0.3 is 6.09 Å². The normalized spacial score (nSPS) is 10.9. The molecule has 0 saturated carbocycles. The molecule has 0 saturated heterocycles. The minimum absolute atomic E-state index is 0.0677. The summed E-state index contributed by atoms with van der Waals surface area (Å²) in [6, 6.07) is 3.83. The molecule has 6 nitrogen and oxygen atoms in total. The van der Waals surface area contributed by atoms with Crippen LogP contribution in [-0.2, 0) is 16.0 Å². The van der Waals surface area contributed by atoms with Gasteiger partial charge in [0.05, 0.1) is 0 Å². The molecule has 21 heavy (non-hydrogen) atoms. The number of carbonyl (C=O) groups excluding carboxylic acids is 2. The number of pyridine rings is 1. The number of nitrogens with one attached hydrogen (secondary N) is 1. The van der Waals surface area contributed by atoms with E-state index < -0.39 is 11.7 Å². The van der Waals surface area contributed by atoms with Crippen LogP contribution < -0.4 is 5.32 Å². The van der Waals surface area contributed by atoms with Gasteiger partial charge in [-0.1, -0.05) is 0 Å². The maximum Gasteiger partial charge on any atom is 0.408 e. The van der Waals surface area contributed by atoms with Crippen molar-refractivity contribution in [1.29, 1.82) is 0 Å². The number of rotatable bonds is 5. The lowest BCUT2D eigenvalue weighted by molar-refractivity contribution is -0.128. The molecule has 0 atom stereocenters. The van der Waals surface area contributed by atoms with E-state index in [0.29, 0.717) is 6.54 Å². The Kier molecular flexibility index (Phi) is 6.14. The molecule has 1 rings (SSSR count). The van der Waals surface area contributed by atoms with Gasteiger partial charge in [-0.15, -0.1) is 0 Å². The summed E-state index contributed by atoms with van der Waals surface area (Å²) in [5.41, 5.74) is 0.546. The molecule has 0 aromatic carbocycles. The van der Waals surface area contributed by atoms with Gasteiger partial charge < -0.3 is 15.0 Å². The van der Waals surface area contributed by atoms with Gasteiger partial charge in [-0.25, -0.2) is 4.79 Å². The van der Waals surface area contributed by atoms with Gasteiger partial charge in [-0.3, -0.25) is 9.78 Å².